The van der Waals surface area contributed by atoms with Crippen molar-refractivity contribution in [1.29, 1.82) is 5.41 Å². The highest BCUT2D eigenvalue weighted by atomic mass is 32.2. The fourth-order valence-corrected chi connectivity index (χ4v) is 3.20. The van der Waals surface area contributed by atoms with Crippen molar-refractivity contribution in [1.82, 2.24) is 0 Å². The molecule has 0 atom stereocenters. The summed E-state index contributed by atoms with van der Waals surface area (Å²) in [6, 6.07) is 6.13. The molecule has 1 aromatic rings. The quantitative estimate of drug-likeness (QED) is 0.640. The van der Waals surface area contributed by atoms with Gasteiger partial charge in [0, 0.05) is 28.9 Å². The van der Waals surface area contributed by atoms with Crippen LogP contribution in [0.5, 0.6) is 0 Å². The first-order chi connectivity index (χ1) is 8.16. The number of aryl methyl sites for hydroxylation is 1. The van der Waals surface area contributed by atoms with Crippen molar-refractivity contribution in [3.63, 3.8) is 0 Å². The van der Waals surface area contributed by atoms with E-state index in [-0.39, 0.29) is 5.84 Å². The minimum absolute atomic E-state index is 0.144. The molecular formula is C13H18N2OS. The number of rotatable bonds is 3. The summed E-state index contributed by atoms with van der Waals surface area (Å²) in [7, 11) is 0. The molecule has 0 unspecified atom stereocenters. The van der Waals surface area contributed by atoms with Gasteiger partial charge in [0.15, 0.2) is 0 Å². The molecule has 0 saturated carbocycles. The van der Waals surface area contributed by atoms with Crippen molar-refractivity contribution in [2.75, 3.05) is 13.2 Å². The molecule has 3 N–H and O–H groups in total. The average molecular weight is 250 g/mol. The molecule has 0 bridgehead atoms. The smallest absolute Gasteiger partial charge is 0.123 e. The Hall–Kier alpha value is -1.00. The number of hydrogen-bond donors (Lipinski definition) is 2. The number of nitrogen functional groups attached to an aromatic ring is 1. The number of thioether (sulfide) groups is 1. The second-order valence-corrected chi connectivity index (χ2v) is 5.69. The summed E-state index contributed by atoms with van der Waals surface area (Å²) < 4.78 is 5.35. The third kappa shape index (κ3) is 3.23. The van der Waals surface area contributed by atoms with Crippen molar-refractivity contribution in [3.05, 3.63) is 29.3 Å². The average Bonchev–Trinajstić information content (AvgIpc) is 2.30. The van der Waals surface area contributed by atoms with E-state index < -0.39 is 0 Å². The van der Waals surface area contributed by atoms with Gasteiger partial charge in [-0.15, -0.1) is 11.8 Å². The van der Waals surface area contributed by atoms with Crippen LogP contribution in [0.15, 0.2) is 23.1 Å². The van der Waals surface area contributed by atoms with Crippen LogP contribution in [0.25, 0.3) is 0 Å². The van der Waals surface area contributed by atoms with E-state index in [9.17, 15) is 0 Å². The highest BCUT2D eigenvalue weighted by molar-refractivity contribution is 8.00. The van der Waals surface area contributed by atoms with Crippen molar-refractivity contribution in [2.45, 2.75) is 29.9 Å². The molecule has 92 valence electrons. The molecule has 0 amide bonds. The summed E-state index contributed by atoms with van der Waals surface area (Å²) in [6.07, 6.45) is 2.25. The van der Waals surface area contributed by atoms with Crippen LogP contribution in [0.2, 0.25) is 0 Å². The first kappa shape index (κ1) is 12.5. The highest BCUT2D eigenvalue weighted by Gasteiger charge is 2.15. The second-order valence-electron chi connectivity index (χ2n) is 4.32. The maximum absolute atomic E-state index is 7.45. The minimum Gasteiger partial charge on any atom is -0.384 e. The number of nitrogens with two attached hydrogens (primary N) is 1. The Morgan fingerprint density at radius 3 is 2.71 bits per heavy atom. The molecule has 1 fully saturated rings. The van der Waals surface area contributed by atoms with Crippen LogP contribution in [0.1, 0.15) is 24.0 Å². The van der Waals surface area contributed by atoms with Gasteiger partial charge in [0.05, 0.1) is 0 Å². The zero-order valence-corrected chi connectivity index (χ0v) is 10.8. The molecule has 3 nitrogen and oxygen atoms in total. The van der Waals surface area contributed by atoms with Crippen LogP contribution in [-0.2, 0) is 4.74 Å². The Morgan fingerprint density at radius 2 is 2.12 bits per heavy atom. The zero-order valence-electron chi connectivity index (χ0n) is 10.0. The SMILES string of the molecule is Cc1cc(SC2CCOCC2)ccc1C(=N)N. The molecular weight excluding hydrogens is 232 g/mol. The van der Waals surface area contributed by atoms with E-state index in [1.54, 1.807) is 0 Å². The van der Waals surface area contributed by atoms with Gasteiger partial charge in [0.2, 0.25) is 0 Å². The fourth-order valence-electron chi connectivity index (χ4n) is 2.00. The van der Waals surface area contributed by atoms with Gasteiger partial charge >= 0.3 is 0 Å². The Labute approximate surface area is 106 Å². The monoisotopic (exact) mass is 250 g/mol. The summed E-state index contributed by atoms with van der Waals surface area (Å²) in [5, 5.41) is 8.11. The summed E-state index contributed by atoms with van der Waals surface area (Å²) in [5.41, 5.74) is 7.42. The van der Waals surface area contributed by atoms with Gasteiger partial charge in [-0.05, 0) is 43.5 Å². The standard InChI is InChI=1S/C13H18N2OS/c1-9-8-11(2-3-12(9)13(14)15)17-10-4-6-16-7-5-10/h2-3,8,10H,4-7H2,1H3,(H3,14,15). The van der Waals surface area contributed by atoms with Crippen molar-refractivity contribution < 1.29 is 4.74 Å². The Balaban J connectivity index is 2.06. The molecule has 0 aromatic heterocycles. The van der Waals surface area contributed by atoms with Crippen LogP contribution in [-0.4, -0.2) is 24.3 Å². The normalized spacial score (nSPS) is 17.0. The third-order valence-electron chi connectivity index (χ3n) is 2.96. The molecule has 17 heavy (non-hydrogen) atoms. The van der Waals surface area contributed by atoms with E-state index in [0.717, 1.165) is 37.2 Å². The van der Waals surface area contributed by atoms with Gasteiger partial charge in [-0.1, -0.05) is 0 Å². The first-order valence-corrected chi connectivity index (χ1v) is 6.74. The van der Waals surface area contributed by atoms with Gasteiger partial charge in [-0.2, -0.15) is 0 Å². The van der Waals surface area contributed by atoms with Crippen molar-refractivity contribution >= 4 is 17.6 Å². The maximum atomic E-state index is 7.45. The number of benzene rings is 1. The van der Waals surface area contributed by atoms with E-state index >= 15 is 0 Å². The number of hydrogen-bond acceptors (Lipinski definition) is 3. The molecule has 1 aromatic carbocycles. The lowest BCUT2D eigenvalue weighted by molar-refractivity contribution is 0.100. The third-order valence-corrected chi connectivity index (χ3v) is 4.29. The summed E-state index contributed by atoms with van der Waals surface area (Å²) >= 11 is 1.91. The predicted molar refractivity (Wildman–Crippen MR) is 71.9 cm³/mol. The summed E-state index contributed by atoms with van der Waals surface area (Å²) in [4.78, 5) is 1.26. The lowest BCUT2D eigenvalue weighted by atomic mass is 10.1. The molecule has 1 heterocycles. The van der Waals surface area contributed by atoms with E-state index in [0.29, 0.717) is 5.25 Å². The van der Waals surface area contributed by atoms with Crippen LogP contribution in [0, 0.1) is 12.3 Å². The van der Waals surface area contributed by atoms with Gasteiger partial charge in [0.25, 0.3) is 0 Å². The van der Waals surface area contributed by atoms with Crippen molar-refractivity contribution in [2.24, 2.45) is 5.73 Å². The largest absolute Gasteiger partial charge is 0.384 e. The highest BCUT2D eigenvalue weighted by Crippen LogP contribution is 2.30. The van der Waals surface area contributed by atoms with E-state index in [1.165, 1.54) is 4.90 Å². The van der Waals surface area contributed by atoms with Gasteiger partial charge < -0.3 is 10.5 Å². The lowest BCUT2D eigenvalue weighted by Crippen LogP contribution is -2.17. The van der Waals surface area contributed by atoms with Gasteiger partial charge in [-0.3, -0.25) is 5.41 Å². The second kappa shape index (κ2) is 5.56. The van der Waals surface area contributed by atoms with E-state index in [1.807, 2.05) is 24.8 Å². The summed E-state index contributed by atoms with van der Waals surface area (Å²) in [5.74, 6) is 0.144. The van der Waals surface area contributed by atoms with Crippen LogP contribution in [0.3, 0.4) is 0 Å². The van der Waals surface area contributed by atoms with E-state index in [4.69, 9.17) is 15.9 Å². The molecule has 0 aliphatic carbocycles. The number of nitrogens with one attached hydrogen (secondary N) is 1. The Kier molecular flexibility index (Phi) is 4.07. The molecule has 1 aliphatic rings. The number of ether oxygens (including phenoxy) is 1. The van der Waals surface area contributed by atoms with Crippen LogP contribution in [0.4, 0.5) is 0 Å². The first-order valence-electron chi connectivity index (χ1n) is 5.86. The minimum atomic E-state index is 0.144. The maximum Gasteiger partial charge on any atom is 0.123 e. The lowest BCUT2D eigenvalue weighted by Gasteiger charge is -2.21. The van der Waals surface area contributed by atoms with Crippen LogP contribution >= 0.6 is 11.8 Å². The van der Waals surface area contributed by atoms with Crippen LogP contribution < -0.4 is 5.73 Å². The topological polar surface area (TPSA) is 59.1 Å². The van der Waals surface area contributed by atoms with E-state index in [2.05, 4.69) is 12.1 Å². The fraction of sp³-hybridized carbons (Fsp3) is 0.462. The Bertz CT molecular complexity index is 414. The van der Waals surface area contributed by atoms with Gasteiger partial charge in [-0.25, -0.2) is 0 Å². The molecule has 4 heteroatoms. The van der Waals surface area contributed by atoms with Gasteiger partial charge in [0.1, 0.15) is 5.84 Å². The predicted octanol–water partition coefficient (Wildman–Crippen LogP) is 2.55. The number of amidine groups is 1. The van der Waals surface area contributed by atoms with Crippen molar-refractivity contribution in [3.8, 4) is 0 Å². The summed E-state index contributed by atoms with van der Waals surface area (Å²) in [6.45, 7) is 3.76. The molecule has 1 saturated heterocycles. The molecule has 0 radical (unpaired) electrons. The molecule has 0 spiro atoms. The Morgan fingerprint density at radius 1 is 1.41 bits per heavy atom. The zero-order chi connectivity index (χ0) is 12.3. The molecule has 1 aliphatic heterocycles. The molecule has 2 rings (SSSR count).